The second-order valence-corrected chi connectivity index (χ2v) is 6.21. The molecule has 1 aromatic heterocycles. The lowest BCUT2D eigenvalue weighted by Crippen LogP contribution is -2.12. The van der Waals surface area contributed by atoms with Crippen LogP contribution in [0.4, 0.5) is 17.1 Å². The molecule has 4 heteroatoms. The van der Waals surface area contributed by atoms with Gasteiger partial charge >= 0.3 is 0 Å². The summed E-state index contributed by atoms with van der Waals surface area (Å²) in [6.07, 6.45) is 3.27. The number of nitrogens with zero attached hydrogens (tertiary/aromatic N) is 1. The van der Waals surface area contributed by atoms with E-state index in [1.54, 1.807) is 18.5 Å². The SMILES string of the molecule is Cc1cccc(Nc2cncc(C(=O)Nc3ccc(C)c(C)c3)c2)c1. The van der Waals surface area contributed by atoms with Crippen molar-refractivity contribution < 1.29 is 4.79 Å². The van der Waals surface area contributed by atoms with E-state index < -0.39 is 0 Å². The van der Waals surface area contributed by atoms with E-state index in [0.717, 1.165) is 22.6 Å². The molecule has 0 aliphatic heterocycles. The second kappa shape index (κ2) is 7.18. The molecule has 4 nitrogen and oxygen atoms in total. The number of hydrogen-bond acceptors (Lipinski definition) is 3. The molecule has 2 N–H and O–H groups in total. The third-order valence-corrected chi connectivity index (χ3v) is 4.07. The third-order valence-electron chi connectivity index (χ3n) is 4.07. The molecule has 0 saturated carbocycles. The maximum absolute atomic E-state index is 12.5. The van der Waals surface area contributed by atoms with Crippen LogP contribution >= 0.6 is 0 Å². The minimum absolute atomic E-state index is 0.177. The van der Waals surface area contributed by atoms with Gasteiger partial charge in [-0.3, -0.25) is 9.78 Å². The molecule has 0 unspecified atom stereocenters. The van der Waals surface area contributed by atoms with Crippen molar-refractivity contribution in [3.8, 4) is 0 Å². The van der Waals surface area contributed by atoms with Crippen LogP contribution in [0.15, 0.2) is 60.9 Å². The molecule has 0 saturated heterocycles. The van der Waals surface area contributed by atoms with Crippen LogP contribution in [0.1, 0.15) is 27.0 Å². The van der Waals surface area contributed by atoms with Gasteiger partial charge in [0.15, 0.2) is 0 Å². The standard InChI is InChI=1S/C21H21N3O/c1-14-5-4-6-18(9-14)23-20-11-17(12-22-13-20)21(25)24-19-8-7-15(2)16(3)10-19/h4-13,23H,1-3H3,(H,24,25). The average Bonchev–Trinajstić information content (AvgIpc) is 2.58. The van der Waals surface area contributed by atoms with Crippen LogP contribution < -0.4 is 10.6 Å². The van der Waals surface area contributed by atoms with E-state index in [-0.39, 0.29) is 5.91 Å². The van der Waals surface area contributed by atoms with Crippen molar-refractivity contribution >= 4 is 23.0 Å². The highest BCUT2D eigenvalue weighted by Crippen LogP contribution is 2.19. The Morgan fingerprint density at radius 2 is 1.68 bits per heavy atom. The molecule has 0 atom stereocenters. The minimum Gasteiger partial charge on any atom is -0.354 e. The predicted molar refractivity (Wildman–Crippen MR) is 103 cm³/mol. The highest BCUT2D eigenvalue weighted by atomic mass is 16.1. The topological polar surface area (TPSA) is 54.0 Å². The van der Waals surface area contributed by atoms with Gasteiger partial charge in [-0.15, -0.1) is 0 Å². The van der Waals surface area contributed by atoms with E-state index in [9.17, 15) is 4.79 Å². The summed E-state index contributed by atoms with van der Waals surface area (Å²) in [4.78, 5) is 16.7. The van der Waals surface area contributed by atoms with E-state index in [1.165, 1.54) is 11.1 Å². The first-order valence-corrected chi connectivity index (χ1v) is 8.18. The average molecular weight is 331 g/mol. The second-order valence-electron chi connectivity index (χ2n) is 6.21. The fraction of sp³-hybridized carbons (Fsp3) is 0.143. The van der Waals surface area contributed by atoms with Gasteiger partial charge < -0.3 is 10.6 Å². The molecule has 0 fully saturated rings. The smallest absolute Gasteiger partial charge is 0.257 e. The van der Waals surface area contributed by atoms with E-state index in [1.807, 2.05) is 63.2 Å². The number of nitrogens with one attached hydrogen (secondary N) is 2. The Morgan fingerprint density at radius 1 is 0.840 bits per heavy atom. The van der Waals surface area contributed by atoms with Crippen LogP contribution in [-0.4, -0.2) is 10.9 Å². The van der Waals surface area contributed by atoms with E-state index in [2.05, 4.69) is 15.6 Å². The Bertz CT molecular complexity index is 919. The van der Waals surface area contributed by atoms with Crippen LogP contribution in [0.2, 0.25) is 0 Å². The summed E-state index contributed by atoms with van der Waals surface area (Å²) in [5.41, 5.74) is 6.55. The largest absolute Gasteiger partial charge is 0.354 e. The molecule has 3 aromatic rings. The molecule has 0 radical (unpaired) electrons. The number of aryl methyl sites for hydroxylation is 3. The maximum Gasteiger partial charge on any atom is 0.257 e. The summed E-state index contributed by atoms with van der Waals surface area (Å²) < 4.78 is 0. The van der Waals surface area contributed by atoms with Gasteiger partial charge in [-0.1, -0.05) is 18.2 Å². The first-order valence-electron chi connectivity index (χ1n) is 8.18. The molecular weight excluding hydrogens is 310 g/mol. The van der Waals surface area contributed by atoms with Crippen molar-refractivity contribution in [2.24, 2.45) is 0 Å². The predicted octanol–water partition coefficient (Wildman–Crippen LogP) is 5.00. The number of amides is 1. The number of aromatic nitrogens is 1. The van der Waals surface area contributed by atoms with Crippen molar-refractivity contribution in [3.63, 3.8) is 0 Å². The van der Waals surface area contributed by atoms with E-state index in [0.29, 0.717) is 5.56 Å². The van der Waals surface area contributed by atoms with Crippen molar-refractivity contribution in [2.45, 2.75) is 20.8 Å². The number of rotatable bonds is 4. The quantitative estimate of drug-likeness (QED) is 0.707. The fourth-order valence-electron chi connectivity index (χ4n) is 2.54. The fourth-order valence-corrected chi connectivity index (χ4v) is 2.54. The number of anilines is 3. The molecule has 2 aromatic carbocycles. The highest BCUT2D eigenvalue weighted by Gasteiger charge is 2.08. The van der Waals surface area contributed by atoms with Gasteiger partial charge in [0.25, 0.3) is 5.91 Å². The zero-order valence-electron chi connectivity index (χ0n) is 14.6. The normalized spacial score (nSPS) is 10.4. The van der Waals surface area contributed by atoms with Crippen LogP contribution in [-0.2, 0) is 0 Å². The maximum atomic E-state index is 12.5. The number of benzene rings is 2. The molecule has 0 spiro atoms. The Labute approximate surface area is 147 Å². The van der Waals surface area contributed by atoms with E-state index >= 15 is 0 Å². The summed E-state index contributed by atoms with van der Waals surface area (Å²) >= 11 is 0. The van der Waals surface area contributed by atoms with Gasteiger partial charge in [0.05, 0.1) is 17.4 Å². The number of carbonyl (C=O) groups is 1. The Balaban J connectivity index is 1.76. The Hall–Kier alpha value is -3.14. The van der Waals surface area contributed by atoms with Crippen molar-refractivity contribution in [3.05, 3.63) is 83.2 Å². The summed E-state index contributed by atoms with van der Waals surface area (Å²) in [5.74, 6) is -0.177. The first kappa shape index (κ1) is 16.7. The van der Waals surface area contributed by atoms with Crippen LogP contribution in [0, 0.1) is 20.8 Å². The number of carbonyl (C=O) groups excluding carboxylic acids is 1. The Morgan fingerprint density at radius 3 is 2.44 bits per heavy atom. The summed E-state index contributed by atoms with van der Waals surface area (Å²) in [6.45, 7) is 6.11. The van der Waals surface area contributed by atoms with Crippen molar-refractivity contribution in [1.82, 2.24) is 4.98 Å². The molecule has 0 bridgehead atoms. The highest BCUT2D eigenvalue weighted by molar-refractivity contribution is 6.04. The lowest BCUT2D eigenvalue weighted by molar-refractivity contribution is 0.102. The molecular formula is C21H21N3O. The lowest BCUT2D eigenvalue weighted by Gasteiger charge is -2.10. The first-order chi connectivity index (χ1) is 12.0. The monoisotopic (exact) mass is 331 g/mol. The van der Waals surface area contributed by atoms with Crippen molar-refractivity contribution in [1.29, 1.82) is 0 Å². The third kappa shape index (κ3) is 4.23. The molecule has 126 valence electrons. The summed E-state index contributed by atoms with van der Waals surface area (Å²) in [6, 6.07) is 15.7. The van der Waals surface area contributed by atoms with Crippen LogP contribution in [0.3, 0.4) is 0 Å². The number of pyridine rings is 1. The van der Waals surface area contributed by atoms with Gasteiger partial charge in [0.2, 0.25) is 0 Å². The summed E-state index contributed by atoms with van der Waals surface area (Å²) in [7, 11) is 0. The minimum atomic E-state index is -0.177. The molecule has 1 heterocycles. The van der Waals surface area contributed by atoms with Gasteiger partial charge in [0, 0.05) is 17.6 Å². The molecule has 0 aliphatic carbocycles. The zero-order chi connectivity index (χ0) is 17.8. The molecule has 3 rings (SSSR count). The van der Waals surface area contributed by atoms with Gasteiger partial charge in [-0.05, 0) is 67.8 Å². The lowest BCUT2D eigenvalue weighted by atomic mass is 10.1. The molecule has 25 heavy (non-hydrogen) atoms. The van der Waals surface area contributed by atoms with Crippen LogP contribution in [0.5, 0.6) is 0 Å². The Kier molecular flexibility index (Phi) is 4.80. The number of hydrogen-bond donors (Lipinski definition) is 2. The van der Waals surface area contributed by atoms with E-state index in [4.69, 9.17) is 0 Å². The van der Waals surface area contributed by atoms with Gasteiger partial charge in [0.1, 0.15) is 0 Å². The molecule has 1 amide bonds. The zero-order valence-corrected chi connectivity index (χ0v) is 14.6. The van der Waals surface area contributed by atoms with Crippen molar-refractivity contribution in [2.75, 3.05) is 10.6 Å². The van der Waals surface area contributed by atoms with Crippen LogP contribution in [0.25, 0.3) is 0 Å². The summed E-state index contributed by atoms with van der Waals surface area (Å²) in [5, 5.41) is 6.20. The van der Waals surface area contributed by atoms with Gasteiger partial charge in [-0.2, -0.15) is 0 Å². The van der Waals surface area contributed by atoms with Gasteiger partial charge in [-0.25, -0.2) is 0 Å². The molecule has 0 aliphatic rings.